The number of carbonyl (C=O) groups excluding carboxylic acids is 2. The number of fused-ring (bicyclic) bond motifs is 4. The number of amides is 2. The minimum absolute atomic E-state index is 0.0488. The lowest BCUT2D eigenvalue weighted by Gasteiger charge is -2.26. The van der Waals surface area contributed by atoms with Gasteiger partial charge in [-0.3, -0.25) is 14.6 Å². The summed E-state index contributed by atoms with van der Waals surface area (Å²) in [7, 11) is 3.63. The SMILES string of the molecule is COc1ccc(C2=CN3C(=O)c4cc(OC)c(OCCCP(=O)(CCCO)CCCOc5cc6c(cc5OC)C(=O)N5C=C(c7ccc(OC)cc7)C[C@H]5C(C)N6)cc4N=C[C@@H]3C2)cc1. The zero-order valence-corrected chi connectivity index (χ0v) is 38.5. The largest absolute Gasteiger partial charge is 0.497 e. The van der Waals surface area contributed by atoms with Gasteiger partial charge in [-0.25, -0.2) is 0 Å². The van der Waals surface area contributed by atoms with E-state index in [-0.39, 0.29) is 49.8 Å². The van der Waals surface area contributed by atoms with Crippen LogP contribution in [0.5, 0.6) is 34.5 Å². The molecule has 0 aromatic heterocycles. The van der Waals surface area contributed by atoms with E-state index >= 15 is 0 Å². The van der Waals surface area contributed by atoms with Crippen LogP contribution in [-0.2, 0) is 4.57 Å². The zero-order valence-electron chi connectivity index (χ0n) is 37.6. The lowest BCUT2D eigenvalue weighted by atomic mass is 9.99. The third kappa shape index (κ3) is 9.74. The first-order valence-electron chi connectivity index (χ1n) is 22.1. The van der Waals surface area contributed by atoms with Crippen LogP contribution in [0.1, 0.15) is 70.9 Å². The Balaban J connectivity index is 0.869. The molecule has 4 aromatic rings. The van der Waals surface area contributed by atoms with Gasteiger partial charge in [-0.05, 0) is 91.3 Å². The van der Waals surface area contributed by atoms with Crippen LogP contribution in [0.4, 0.5) is 11.4 Å². The number of methoxy groups -OCH3 is 4. The van der Waals surface area contributed by atoms with E-state index in [2.05, 4.69) is 12.2 Å². The van der Waals surface area contributed by atoms with Crippen molar-refractivity contribution in [2.24, 2.45) is 4.99 Å². The van der Waals surface area contributed by atoms with E-state index in [0.717, 1.165) is 33.8 Å². The Bertz CT molecular complexity index is 2540. The summed E-state index contributed by atoms with van der Waals surface area (Å²) in [5.74, 6) is 3.03. The Morgan fingerprint density at radius 3 is 1.80 bits per heavy atom. The predicted octanol–water partition coefficient (Wildman–Crippen LogP) is 8.75. The number of hydrogen-bond acceptors (Lipinski definition) is 12. The van der Waals surface area contributed by atoms with E-state index in [0.29, 0.717) is 96.1 Å². The Hall–Kier alpha value is -6.24. The molecule has 4 aromatic carbocycles. The Morgan fingerprint density at radius 1 is 0.677 bits per heavy atom. The van der Waals surface area contributed by atoms with Gasteiger partial charge in [0.05, 0.1) is 83.4 Å². The van der Waals surface area contributed by atoms with Crippen LogP contribution in [0.2, 0.25) is 0 Å². The first-order valence-corrected chi connectivity index (χ1v) is 24.4. The molecule has 0 spiro atoms. The van der Waals surface area contributed by atoms with Crippen LogP contribution < -0.4 is 33.7 Å². The summed E-state index contributed by atoms with van der Waals surface area (Å²) in [5, 5.41) is 13.2. The van der Waals surface area contributed by atoms with Gasteiger partial charge in [-0.2, -0.15) is 0 Å². The highest BCUT2D eigenvalue weighted by Gasteiger charge is 2.39. The number of ether oxygens (including phenoxy) is 6. The second-order valence-corrected chi connectivity index (χ2v) is 20.2. The maximum absolute atomic E-state index is 14.3. The smallest absolute Gasteiger partial charge is 0.260 e. The van der Waals surface area contributed by atoms with Gasteiger partial charge in [-0.15, -0.1) is 0 Å². The lowest BCUT2D eigenvalue weighted by Crippen LogP contribution is -2.40. The molecule has 15 heteroatoms. The number of anilines is 1. The van der Waals surface area contributed by atoms with Gasteiger partial charge in [-0.1, -0.05) is 24.3 Å². The number of rotatable bonds is 19. The first-order chi connectivity index (χ1) is 31.5. The summed E-state index contributed by atoms with van der Waals surface area (Å²) in [4.78, 5) is 36.1. The van der Waals surface area contributed by atoms with Crippen molar-refractivity contribution in [1.29, 1.82) is 0 Å². The topological polar surface area (TPSA) is 158 Å². The van der Waals surface area contributed by atoms with Crippen LogP contribution in [-0.4, -0.2) is 118 Å². The van der Waals surface area contributed by atoms with Crippen molar-refractivity contribution in [3.63, 3.8) is 0 Å². The summed E-state index contributed by atoms with van der Waals surface area (Å²) >= 11 is 0. The third-order valence-electron chi connectivity index (χ3n) is 12.6. The molecular formula is C50H57N4O10P. The highest BCUT2D eigenvalue weighted by atomic mass is 31.2. The molecule has 0 bridgehead atoms. The fourth-order valence-electron chi connectivity index (χ4n) is 9.01. The molecule has 2 N–H and O–H groups in total. The standard InChI is InChI=1S/C50H57N4O10P/c1-32-44-24-36(34-11-15-39(60-3)16-12-34)31-54(44)50(57)41-26-46(62-5)48(28-43(41)52-32)64-19-8-22-65(58,20-6-17-55)21-7-18-63-47-27-42-40(25-45(47)61-4)49(56)53-30-35(23-37(53)29-51-42)33-9-13-38(59-2)14-10-33/h9-16,25-32,37,44,52,55H,6-8,17-24H2,1-5H3/t32?,37-,44-,65?/m0/s1. The van der Waals surface area contributed by atoms with Crippen LogP contribution in [0.3, 0.4) is 0 Å². The number of aliphatic imine (C=N–C) groups is 1. The number of nitrogens with zero attached hydrogens (tertiary/aromatic N) is 3. The maximum atomic E-state index is 14.3. The molecule has 2 unspecified atom stereocenters. The van der Waals surface area contributed by atoms with Crippen LogP contribution in [0, 0.1) is 0 Å². The number of aliphatic hydroxyl groups excluding tert-OH is 1. The molecule has 0 fully saturated rings. The summed E-state index contributed by atoms with van der Waals surface area (Å²) < 4.78 is 48.7. The maximum Gasteiger partial charge on any atom is 0.260 e. The van der Waals surface area contributed by atoms with Crippen molar-refractivity contribution in [3.8, 4) is 34.5 Å². The molecule has 0 aliphatic carbocycles. The van der Waals surface area contributed by atoms with E-state index in [1.165, 1.54) is 7.11 Å². The molecule has 2 amide bonds. The number of carbonyl (C=O) groups is 2. The van der Waals surface area contributed by atoms with Crippen LogP contribution >= 0.6 is 7.14 Å². The fraction of sp³-hybridized carbons (Fsp3) is 0.380. The summed E-state index contributed by atoms with van der Waals surface area (Å²) in [6.07, 6.45) is 9.69. The number of benzene rings is 4. The van der Waals surface area contributed by atoms with Crippen molar-refractivity contribution in [2.45, 2.75) is 57.2 Å². The van der Waals surface area contributed by atoms with Gasteiger partial charge < -0.3 is 53.2 Å². The Kier molecular flexibility index (Phi) is 13.9. The average molecular weight is 905 g/mol. The minimum Gasteiger partial charge on any atom is -0.497 e. The molecule has 8 rings (SSSR count). The predicted molar refractivity (Wildman–Crippen MR) is 252 cm³/mol. The minimum atomic E-state index is -2.72. The molecule has 4 heterocycles. The van der Waals surface area contributed by atoms with Crippen molar-refractivity contribution in [3.05, 3.63) is 107 Å². The molecule has 4 aliphatic rings. The number of aliphatic hydroxyl groups is 1. The highest BCUT2D eigenvalue weighted by Crippen LogP contribution is 2.48. The molecular weight excluding hydrogens is 848 g/mol. The summed E-state index contributed by atoms with van der Waals surface area (Å²) in [5.41, 5.74) is 6.25. The highest BCUT2D eigenvalue weighted by molar-refractivity contribution is 7.63. The Labute approximate surface area is 380 Å². The van der Waals surface area contributed by atoms with Gasteiger partial charge in [0.15, 0.2) is 23.0 Å². The number of nitrogens with one attached hydrogen (secondary N) is 1. The molecule has 4 aliphatic heterocycles. The van der Waals surface area contributed by atoms with E-state index < -0.39 is 7.14 Å². The molecule has 14 nitrogen and oxygen atoms in total. The quantitative estimate of drug-likeness (QED) is 0.0685. The van der Waals surface area contributed by atoms with E-state index in [4.69, 9.17) is 33.4 Å². The van der Waals surface area contributed by atoms with Gasteiger partial charge in [0.1, 0.15) is 11.5 Å². The van der Waals surface area contributed by atoms with Gasteiger partial charge >= 0.3 is 0 Å². The molecule has 0 radical (unpaired) electrons. The van der Waals surface area contributed by atoms with Crippen molar-refractivity contribution in [2.75, 3.05) is 72.1 Å². The van der Waals surface area contributed by atoms with Crippen molar-refractivity contribution < 1.29 is 47.7 Å². The van der Waals surface area contributed by atoms with Gasteiger partial charge in [0.25, 0.3) is 11.8 Å². The second kappa shape index (κ2) is 19.9. The molecule has 342 valence electrons. The van der Waals surface area contributed by atoms with Crippen LogP contribution in [0.25, 0.3) is 11.1 Å². The second-order valence-electron chi connectivity index (χ2n) is 16.7. The normalized spacial score (nSPS) is 19.3. The van der Waals surface area contributed by atoms with E-state index in [1.807, 2.05) is 71.9 Å². The average Bonchev–Trinajstić information content (AvgIpc) is 3.94. The monoisotopic (exact) mass is 904 g/mol. The Morgan fingerprint density at radius 2 is 1.22 bits per heavy atom. The van der Waals surface area contributed by atoms with Crippen molar-refractivity contribution >= 4 is 47.7 Å². The lowest BCUT2D eigenvalue weighted by molar-refractivity contribution is 0.0781. The van der Waals surface area contributed by atoms with Gasteiger partial charge in [0.2, 0.25) is 0 Å². The van der Waals surface area contributed by atoms with Crippen molar-refractivity contribution in [1.82, 2.24) is 9.80 Å². The van der Waals surface area contributed by atoms with E-state index in [9.17, 15) is 19.3 Å². The summed E-state index contributed by atoms with van der Waals surface area (Å²) in [6, 6.07) is 22.2. The van der Waals surface area contributed by atoms with E-state index in [1.54, 1.807) is 50.6 Å². The van der Waals surface area contributed by atoms with Gasteiger partial charge in [0, 0.05) is 68.3 Å². The number of hydrogen-bond donors (Lipinski definition) is 2. The molecule has 0 saturated carbocycles. The molecule has 65 heavy (non-hydrogen) atoms. The molecule has 4 atom stereocenters. The fourth-order valence-corrected chi connectivity index (χ4v) is 11.8. The summed E-state index contributed by atoms with van der Waals surface area (Å²) in [6.45, 7) is 2.57. The zero-order chi connectivity index (χ0) is 45.7. The molecule has 0 saturated heterocycles. The first kappa shape index (κ1) is 45.3. The third-order valence-corrected chi connectivity index (χ3v) is 16.0. The van der Waals surface area contributed by atoms with Crippen LogP contribution in [0.15, 0.2) is 90.2 Å².